The number of aryl methyl sites for hydroxylation is 1. The Morgan fingerprint density at radius 1 is 1.44 bits per heavy atom. The first-order valence-corrected chi connectivity index (χ1v) is 10.6. The number of hydrogen-bond donors (Lipinski definition) is 1. The molecular weight excluding hydrogens is 358 g/mol. The Balaban J connectivity index is 1.79. The van der Waals surface area contributed by atoms with Crippen molar-refractivity contribution in [2.75, 3.05) is 6.54 Å². The summed E-state index contributed by atoms with van der Waals surface area (Å²) >= 11 is 1.32. The fourth-order valence-electron chi connectivity index (χ4n) is 3.22. The van der Waals surface area contributed by atoms with E-state index in [1.807, 2.05) is 11.0 Å². The van der Waals surface area contributed by atoms with Crippen LogP contribution in [0.15, 0.2) is 24.3 Å². The number of carboxylic acids is 1. The second kappa shape index (κ2) is 10.9. The maximum absolute atomic E-state index is 12.2. The van der Waals surface area contributed by atoms with Crippen molar-refractivity contribution in [1.82, 2.24) is 4.90 Å². The maximum atomic E-state index is 12.2. The summed E-state index contributed by atoms with van der Waals surface area (Å²) in [6, 6.07) is 3.73. The molecule has 146 valence electrons. The van der Waals surface area contributed by atoms with Crippen molar-refractivity contribution >= 4 is 23.2 Å². The summed E-state index contributed by atoms with van der Waals surface area (Å²) in [5.74, 6) is 6.19. The van der Waals surface area contributed by atoms with Crippen LogP contribution in [-0.2, 0) is 11.2 Å². The third kappa shape index (κ3) is 6.88. The van der Waals surface area contributed by atoms with Crippen LogP contribution in [0.2, 0.25) is 0 Å². The highest BCUT2D eigenvalue weighted by Crippen LogP contribution is 2.23. The monoisotopic (exact) mass is 387 g/mol. The van der Waals surface area contributed by atoms with Crippen LogP contribution < -0.4 is 0 Å². The largest absolute Gasteiger partial charge is 0.477 e. The molecule has 2 heterocycles. The van der Waals surface area contributed by atoms with E-state index in [4.69, 9.17) is 5.11 Å². The Kier molecular flexibility index (Phi) is 8.60. The zero-order valence-corrected chi connectivity index (χ0v) is 17.1. The SMILES string of the molecule is CCC#CC[C@H](C)C/C=C/[C@H]1CCC(=O)N1CCCc1ccc(C(=O)O)s1. The maximum Gasteiger partial charge on any atom is 0.345 e. The van der Waals surface area contributed by atoms with Gasteiger partial charge in [-0.1, -0.05) is 26.0 Å². The number of carbonyl (C=O) groups is 2. The summed E-state index contributed by atoms with van der Waals surface area (Å²) in [6.07, 6.45) is 10.4. The molecule has 1 saturated heterocycles. The molecule has 4 nitrogen and oxygen atoms in total. The molecular formula is C22H29NO3S. The standard InChI is InChI=1S/C22H29NO3S/c1-3-4-5-8-17(2)9-6-10-18-12-15-21(24)23(18)16-7-11-19-13-14-20(27-19)22(25)26/h6,10,13-14,17-18H,3,7-9,11-12,15-16H2,1-2H3,(H,25,26)/b10-6+/t17-,18-/m0/s1. The Bertz CT molecular complexity index is 725. The van der Waals surface area contributed by atoms with Gasteiger partial charge in [-0.15, -0.1) is 23.2 Å². The molecule has 0 bridgehead atoms. The van der Waals surface area contributed by atoms with Crippen LogP contribution in [0.3, 0.4) is 0 Å². The lowest BCUT2D eigenvalue weighted by Crippen LogP contribution is -2.32. The first-order chi connectivity index (χ1) is 13.0. The number of likely N-dealkylation sites (tertiary alicyclic amines) is 1. The van der Waals surface area contributed by atoms with Crippen LogP contribution in [0.25, 0.3) is 0 Å². The molecule has 0 saturated carbocycles. The number of thiophene rings is 1. The fraction of sp³-hybridized carbons (Fsp3) is 0.545. The van der Waals surface area contributed by atoms with Crippen LogP contribution in [-0.4, -0.2) is 34.5 Å². The van der Waals surface area contributed by atoms with E-state index in [-0.39, 0.29) is 11.9 Å². The van der Waals surface area contributed by atoms with Crippen molar-refractivity contribution in [2.45, 2.75) is 64.8 Å². The first-order valence-electron chi connectivity index (χ1n) is 9.75. The van der Waals surface area contributed by atoms with Gasteiger partial charge in [-0.25, -0.2) is 4.79 Å². The lowest BCUT2D eigenvalue weighted by Gasteiger charge is -2.22. The fourth-order valence-corrected chi connectivity index (χ4v) is 4.11. The number of aromatic carboxylic acids is 1. The van der Waals surface area contributed by atoms with Gasteiger partial charge in [-0.2, -0.15) is 0 Å². The van der Waals surface area contributed by atoms with Crippen LogP contribution in [0.1, 0.15) is 66.9 Å². The smallest absolute Gasteiger partial charge is 0.345 e. The molecule has 1 fully saturated rings. The van der Waals surface area contributed by atoms with Gasteiger partial charge in [0.1, 0.15) is 4.88 Å². The van der Waals surface area contributed by atoms with Crippen molar-refractivity contribution < 1.29 is 14.7 Å². The predicted octanol–water partition coefficient (Wildman–Crippen LogP) is 4.76. The summed E-state index contributed by atoms with van der Waals surface area (Å²) in [6.45, 7) is 5.00. The van der Waals surface area contributed by atoms with Gasteiger partial charge in [0.05, 0.1) is 6.04 Å². The number of rotatable bonds is 9. The molecule has 0 aliphatic carbocycles. The van der Waals surface area contributed by atoms with Crippen molar-refractivity contribution in [2.24, 2.45) is 5.92 Å². The van der Waals surface area contributed by atoms with Gasteiger partial charge in [0, 0.05) is 30.7 Å². The van der Waals surface area contributed by atoms with E-state index in [2.05, 4.69) is 37.8 Å². The molecule has 1 aliphatic heterocycles. The Labute approximate surface area is 166 Å². The van der Waals surface area contributed by atoms with E-state index >= 15 is 0 Å². The highest BCUT2D eigenvalue weighted by Gasteiger charge is 2.28. The summed E-state index contributed by atoms with van der Waals surface area (Å²) < 4.78 is 0. The second-order valence-corrected chi connectivity index (χ2v) is 8.22. The van der Waals surface area contributed by atoms with Crippen LogP contribution in [0.5, 0.6) is 0 Å². The Morgan fingerprint density at radius 2 is 2.26 bits per heavy atom. The molecule has 1 amide bonds. The summed E-state index contributed by atoms with van der Waals surface area (Å²) in [7, 11) is 0. The molecule has 27 heavy (non-hydrogen) atoms. The van der Waals surface area contributed by atoms with E-state index in [9.17, 15) is 9.59 Å². The van der Waals surface area contributed by atoms with Crippen molar-refractivity contribution in [3.63, 3.8) is 0 Å². The molecule has 2 rings (SSSR count). The Morgan fingerprint density at radius 3 is 2.96 bits per heavy atom. The highest BCUT2D eigenvalue weighted by atomic mass is 32.1. The zero-order valence-electron chi connectivity index (χ0n) is 16.2. The number of nitrogens with zero attached hydrogens (tertiary/aromatic N) is 1. The third-order valence-electron chi connectivity index (χ3n) is 4.72. The second-order valence-electron chi connectivity index (χ2n) is 7.05. The number of amides is 1. The lowest BCUT2D eigenvalue weighted by molar-refractivity contribution is -0.128. The first kappa shape index (κ1) is 21.2. The van der Waals surface area contributed by atoms with Crippen LogP contribution in [0.4, 0.5) is 0 Å². The van der Waals surface area contributed by atoms with Gasteiger partial charge >= 0.3 is 5.97 Å². The average Bonchev–Trinajstić information content (AvgIpc) is 3.24. The summed E-state index contributed by atoms with van der Waals surface area (Å²) in [5.41, 5.74) is 0. The number of carbonyl (C=O) groups excluding carboxylic acids is 1. The van der Waals surface area contributed by atoms with E-state index in [0.717, 1.165) is 49.9 Å². The van der Waals surface area contributed by atoms with E-state index in [1.165, 1.54) is 11.3 Å². The van der Waals surface area contributed by atoms with Crippen molar-refractivity contribution in [1.29, 1.82) is 0 Å². The van der Waals surface area contributed by atoms with E-state index in [0.29, 0.717) is 17.2 Å². The summed E-state index contributed by atoms with van der Waals surface area (Å²) in [4.78, 5) is 26.6. The van der Waals surface area contributed by atoms with E-state index in [1.54, 1.807) is 6.07 Å². The van der Waals surface area contributed by atoms with Gasteiger partial charge in [0.2, 0.25) is 5.91 Å². The average molecular weight is 388 g/mol. The number of allylic oxidation sites excluding steroid dienone is 1. The van der Waals surface area contributed by atoms with Crippen LogP contribution >= 0.6 is 11.3 Å². The van der Waals surface area contributed by atoms with Crippen molar-refractivity contribution in [3.8, 4) is 11.8 Å². The van der Waals surface area contributed by atoms with Crippen LogP contribution in [0, 0.1) is 17.8 Å². The minimum absolute atomic E-state index is 0.198. The summed E-state index contributed by atoms with van der Waals surface area (Å²) in [5, 5.41) is 8.99. The van der Waals surface area contributed by atoms with Gasteiger partial charge in [0.25, 0.3) is 0 Å². The molecule has 1 N–H and O–H groups in total. The highest BCUT2D eigenvalue weighted by molar-refractivity contribution is 7.13. The Hall–Kier alpha value is -2.06. The molecule has 1 aromatic heterocycles. The number of carboxylic acid groups (broad SMARTS) is 1. The molecule has 1 aliphatic rings. The zero-order chi connectivity index (χ0) is 19.6. The molecule has 2 atom stereocenters. The minimum Gasteiger partial charge on any atom is -0.477 e. The van der Waals surface area contributed by atoms with Gasteiger partial charge < -0.3 is 10.0 Å². The van der Waals surface area contributed by atoms with Gasteiger partial charge in [0.15, 0.2) is 0 Å². The quantitative estimate of drug-likeness (QED) is 0.491. The van der Waals surface area contributed by atoms with Gasteiger partial charge in [-0.05, 0) is 43.7 Å². The van der Waals surface area contributed by atoms with Crippen molar-refractivity contribution in [3.05, 3.63) is 34.0 Å². The minimum atomic E-state index is -0.874. The predicted molar refractivity (Wildman–Crippen MR) is 110 cm³/mol. The molecule has 0 unspecified atom stereocenters. The number of hydrogen-bond acceptors (Lipinski definition) is 3. The molecule has 5 heteroatoms. The topological polar surface area (TPSA) is 57.6 Å². The normalized spacial score (nSPS) is 17.9. The third-order valence-corrected chi connectivity index (χ3v) is 5.85. The molecule has 0 spiro atoms. The molecule has 0 aromatic carbocycles. The molecule has 0 radical (unpaired) electrons. The van der Waals surface area contributed by atoms with Gasteiger partial charge in [-0.3, -0.25) is 4.79 Å². The molecule has 1 aromatic rings. The lowest BCUT2D eigenvalue weighted by atomic mass is 10.0. The van der Waals surface area contributed by atoms with E-state index < -0.39 is 5.97 Å².